The van der Waals surface area contributed by atoms with Crippen LogP contribution in [0.1, 0.15) is 54.4 Å². The fourth-order valence-corrected chi connectivity index (χ4v) is 6.10. The number of hydrogen-bond donors (Lipinski definition) is 2. The molecule has 4 aliphatic rings. The molecular weight excluding hydrogens is 334 g/mol. The molecular formula is C23H27N3O. The monoisotopic (exact) mass is 361 g/mol. The summed E-state index contributed by atoms with van der Waals surface area (Å²) in [7, 11) is 0. The van der Waals surface area contributed by atoms with E-state index in [-0.39, 0.29) is 11.4 Å². The molecule has 27 heavy (non-hydrogen) atoms. The second-order valence-corrected chi connectivity index (χ2v) is 9.02. The summed E-state index contributed by atoms with van der Waals surface area (Å²) in [6, 6.07) is 11.6. The summed E-state index contributed by atoms with van der Waals surface area (Å²) in [5.41, 5.74) is 2.67. The number of anilines is 2. The third-order valence-electron chi connectivity index (χ3n) is 6.84. The third-order valence-corrected chi connectivity index (χ3v) is 6.84. The molecule has 0 unspecified atom stereocenters. The summed E-state index contributed by atoms with van der Waals surface area (Å²) >= 11 is 0. The van der Waals surface area contributed by atoms with Gasteiger partial charge in [0.25, 0.3) is 5.91 Å². The molecule has 4 fully saturated rings. The van der Waals surface area contributed by atoms with Crippen molar-refractivity contribution < 1.29 is 4.79 Å². The number of rotatable bonds is 4. The number of nitrogens with one attached hydrogen (secondary N) is 2. The zero-order valence-electron chi connectivity index (χ0n) is 15.9. The molecule has 0 saturated heterocycles. The average Bonchev–Trinajstić information content (AvgIpc) is 2.62. The Labute approximate surface area is 160 Å². The lowest BCUT2D eigenvalue weighted by Crippen LogP contribution is -2.54. The number of hydrogen-bond acceptors (Lipinski definition) is 3. The Morgan fingerprint density at radius 1 is 1.00 bits per heavy atom. The number of carbonyl (C=O) groups is 1. The Morgan fingerprint density at radius 3 is 2.26 bits per heavy atom. The van der Waals surface area contributed by atoms with E-state index >= 15 is 0 Å². The largest absolute Gasteiger partial charge is 0.365 e. The van der Waals surface area contributed by atoms with E-state index in [1.807, 2.05) is 43.3 Å². The van der Waals surface area contributed by atoms with Crippen molar-refractivity contribution >= 4 is 17.4 Å². The summed E-state index contributed by atoms with van der Waals surface area (Å²) in [5, 5.41) is 6.74. The quantitative estimate of drug-likeness (QED) is 0.804. The first-order chi connectivity index (χ1) is 13.1. The zero-order chi connectivity index (χ0) is 18.4. The Kier molecular flexibility index (Phi) is 3.96. The van der Waals surface area contributed by atoms with Crippen molar-refractivity contribution in [1.82, 2.24) is 4.98 Å². The van der Waals surface area contributed by atoms with E-state index in [1.54, 1.807) is 6.20 Å². The molecule has 4 nitrogen and oxygen atoms in total. The van der Waals surface area contributed by atoms with Gasteiger partial charge in [-0.05, 0) is 87.0 Å². The van der Waals surface area contributed by atoms with Crippen LogP contribution in [0.25, 0.3) is 0 Å². The van der Waals surface area contributed by atoms with Gasteiger partial charge < -0.3 is 10.6 Å². The van der Waals surface area contributed by atoms with Gasteiger partial charge in [0.05, 0.1) is 11.9 Å². The van der Waals surface area contributed by atoms with Crippen molar-refractivity contribution in [3.63, 3.8) is 0 Å². The van der Waals surface area contributed by atoms with Gasteiger partial charge in [0.2, 0.25) is 0 Å². The molecule has 1 heterocycles. The molecule has 0 atom stereocenters. The lowest BCUT2D eigenvalue weighted by atomic mass is 9.53. The molecule has 1 aromatic heterocycles. The number of aryl methyl sites for hydroxylation is 1. The maximum atomic E-state index is 12.5. The van der Waals surface area contributed by atoms with Crippen molar-refractivity contribution in [2.45, 2.75) is 51.0 Å². The fraction of sp³-hybridized carbons (Fsp3) is 0.478. The standard InChI is InChI=1S/C23H27N3O/c1-15-4-2-3-5-20(15)22(27)25-19-6-7-21(24-14-19)26-23-11-16-8-17(12-23)10-18(9-16)13-23/h2-7,14,16-18H,8-13H2,1H3,(H,24,26)(H,25,27). The normalized spacial score (nSPS) is 30.9. The molecule has 2 N–H and O–H groups in total. The van der Waals surface area contributed by atoms with Crippen LogP contribution in [0.15, 0.2) is 42.6 Å². The van der Waals surface area contributed by atoms with Gasteiger partial charge in [0.1, 0.15) is 5.82 Å². The number of benzene rings is 1. The summed E-state index contributed by atoms with van der Waals surface area (Å²) < 4.78 is 0. The van der Waals surface area contributed by atoms with E-state index in [2.05, 4.69) is 15.6 Å². The number of amides is 1. The van der Waals surface area contributed by atoms with Crippen LogP contribution in [0.5, 0.6) is 0 Å². The third kappa shape index (κ3) is 3.22. The van der Waals surface area contributed by atoms with Crippen LogP contribution in [0.4, 0.5) is 11.5 Å². The SMILES string of the molecule is Cc1ccccc1C(=O)Nc1ccc(NC23CC4CC(CC(C4)C2)C3)nc1. The van der Waals surface area contributed by atoms with Crippen LogP contribution in [0, 0.1) is 24.7 Å². The van der Waals surface area contributed by atoms with Crippen LogP contribution in [-0.2, 0) is 0 Å². The second kappa shape index (κ2) is 6.36. The van der Waals surface area contributed by atoms with Crippen LogP contribution in [-0.4, -0.2) is 16.4 Å². The van der Waals surface area contributed by atoms with E-state index in [1.165, 1.54) is 38.5 Å². The predicted molar refractivity (Wildman–Crippen MR) is 108 cm³/mol. The lowest BCUT2D eigenvalue weighted by Gasteiger charge is -2.57. The Bertz CT molecular complexity index is 823. The molecule has 0 aliphatic heterocycles. The Hall–Kier alpha value is -2.36. The van der Waals surface area contributed by atoms with Crippen molar-refractivity contribution in [3.8, 4) is 0 Å². The molecule has 6 rings (SSSR count). The van der Waals surface area contributed by atoms with Crippen molar-refractivity contribution in [2.24, 2.45) is 17.8 Å². The summed E-state index contributed by atoms with van der Waals surface area (Å²) in [6.07, 6.45) is 9.99. The van der Waals surface area contributed by atoms with Gasteiger partial charge in [-0.2, -0.15) is 0 Å². The van der Waals surface area contributed by atoms with E-state index in [0.717, 1.165) is 34.8 Å². The molecule has 4 aliphatic carbocycles. The van der Waals surface area contributed by atoms with Gasteiger partial charge in [-0.15, -0.1) is 0 Å². The van der Waals surface area contributed by atoms with Crippen LogP contribution in [0.3, 0.4) is 0 Å². The first-order valence-corrected chi connectivity index (χ1v) is 10.2. The molecule has 1 aromatic carbocycles. The lowest BCUT2D eigenvalue weighted by molar-refractivity contribution is 0.0105. The van der Waals surface area contributed by atoms with Crippen LogP contribution in [0.2, 0.25) is 0 Å². The van der Waals surface area contributed by atoms with E-state index in [0.29, 0.717) is 5.56 Å². The highest BCUT2D eigenvalue weighted by atomic mass is 16.1. The van der Waals surface area contributed by atoms with Gasteiger partial charge in [-0.3, -0.25) is 4.79 Å². The Morgan fingerprint density at radius 2 is 1.67 bits per heavy atom. The van der Waals surface area contributed by atoms with Crippen LogP contribution >= 0.6 is 0 Å². The van der Waals surface area contributed by atoms with Crippen LogP contribution < -0.4 is 10.6 Å². The maximum absolute atomic E-state index is 12.5. The first-order valence-electron chi connectivity index (χ1n) is 10.2. The molecule has 4 bridgehead atoms. The van der Waals surface area contributed by atoms with Gasteiger partial charge >= 0.3 is 0 Å². The number of pyridine rings is 1. The van der Waals surface area contributed by atoms with Crippen molar-refractivity contribution in [2.75, 3.05) is 10.6 Å². The number of carbonyl (C=O) groups excluding carboxylic acids is 1. The van der Waals surface area contributed by atoms with Gasteiger partial charge in [0.15, 0.2) is 0 Å². The smallest absolute Gasteiger partial charge is 0.255 e. The number of nitrogens with zero attached hydrogens (tertiary/aromatic N) is 1. The molecule has 0 spiro atoms. The number of aromatic nitrogens is 1. The molecule has 4 saturated carbocycles. The van der Waals surface area contributed by atoms with E-state index in [4.69, 9.17) is 0 Å². The average molecular weight is 361 g/mol. The predicted octanol–water partition coefficient (Wildman–Crippen LogP) is 5.02. The summed E-state index contributed by atoms with van der Waals surface area (Å²) in [5.74, 6) is 3.59. The highest BCUT2D eigenvalue weighted by Crippen LogP contribution is 2.56. The van der Waals surface area contributed by atoms with Gasteiger partial charge in [-0.25, -0.2) is 4.98 Å². The van der Waals surface area contributed by atoms with E-state index < -0.39 is 0 Å². The molecule has 4 heteroatoms. The minimum absolute atomic E-state index is 0.0864. The minimum Gasteiger partial charge on any atom is -0.365 e. The summed E-state index contributed by atoms with van der Waals surface area (Å²) in [6.45, 7) is 1.95. The van der Waals surface area contributed by atoms with E-state index in [9.17, 15) is 4.79 Å². The highest BCUT2D eigenvalue weighted by Gasteiger charge is 2.51. The Balaban J connectivity index is 1.27. The zero-order valence-corrected chi connectivity index (χ0v) is 15.9. The minimum atomic E-state index is -0.0864. The fourth-order valence-electron chi connectivity index (χ4n) is 6.10. The maximum Gasteiger partial charge on any atom is 0.255 e. The highest BCUT2D eigenvalue weighted by molar-refractivity contribution is 6.05. The molecule has 0 radical (unpaired) electrons. The molecule has 2 aromatic rings. The molecule has 140 valence electrons. The summed E-state index contributed by atoms with van der Waals surface area (Å²) in [4.78, 5) is 17.1. The van der Waals surface area contributed by atoms with Crippen molar-refractivity contribution in [3.05, 3.63) is 53.7 Å². The van der Waals surface area contributed by atoms with Gasteiger partial charge in [0, 0.05) is 11.1 Å². The van der Waals surface area contributed by atoms with Crippen molar-refractivity contribution in [1.29, 1.82) is 0 Å². The first kappa shape index (κ1) is 16.8. The molecule has 1 amide bonds. The topological polar surface area (TPSA) is 54.0 Å². The second-order valence-electron chi connectivity index (χ2n) is 9.02. The van der Waals surface area contributed by atoms with Gasteiger partial charge in [-0.1, -0.05) is 18.2 Å².